The Hall–Kier alpha value is -1.03. The smallest absolute Gasteiger partial charge is 0.235 e. The van der Waals surface area contributed by atoms with Gasteiger partial charge in [0.1, 0.15) is 0 Å². The fourth-order valence-corrected chi connectivity index (χ4v) is 5.04. The Balaban J connectivity index is 2.26. The van der Waals surface area contributed by atoms with Gasteiger partial charge >= 0.3 is 0 Å². The summed E-state index contributed by atoms with van der Waals surface area (Å²) in [4.78, 5) is 0. The van der Waals surface area contributed by atoms with Crippen molar-refractivity contribution in [1.29, 1.82) is 0 Å². The summed E-state index contributed by atoms with van der Waals surface area (Å²) in [6.07, 6.45) is 15.2. The first-order valence-corrected chi connectivity index (χ1v) is 12.2. The zero-order chi connectivity index (χ0) is 19.1. The minimum atomic E-state index is -3.30. The Bertz CT molecular complexity index is 543. The van der Waals surface area contributed by atoms with Gasteiger partial charge in [-0.2, -0.15) is 0 Å². The molecule has 0 bridgehead atoms. The molecule has 1 N–H and O–H groups in total. The quantitative estimate of drug-likeness (QED) is 0.316. The lowest BCUT2D eigenvalue weighted by molar-refractivity contribution is 0.524. The van der Waals surface area contributed by atoms with Crippen LogP contribution in [0.5, 0.6) is 0 Å². The van der Waals surface area contributed by atoms with E-state index in [1.165, 1.54) is 51.4 Å². The monoisotopic (exact) mass is 381 g/mol. The summed E-state index contributed by atoms with van der Waals surface area (Å²) in [6.45, 7) is 4.31. The molecular formula is C22H39NO2S. The molecule has 1 aromatic carbocycles. The molecule has 1 atom stereocenters. The number of hydrogen-bond donors (Lipinski definition) is 1. The zero-order valence-electron chi connectivity index (χ0n) is 16.9. The first kappa shape index (κ1) is 23.0. The van der Waals surface area contributed by atoms with Crippen molar-refractivity contribution in [3.63, 3.8) is 0 Å². The maximum Gasteiger partial charge on any atom is 0.235 e. The van der Waals surface area contributed by atoms with Gasteiger partial charge in [-0.05, 0) is 25.0 Å². The molecule has 1 rings (SSSR count). The van der Waals surface area contributed by atoms with Crippen LogP contribution < -0.4 is 4.72 Å². The molecule has 0 saturated carbocycles. The maximum atomic E-state index is 12.7. The van der Waals surface area contributed by atoms with E-state index in [9.17, 15) is 8.42 Å². The topological polar surface area (TPSA) is 46.2 Å². The number of hydrogen-bond acceptors (Lipinski definition) is 2. The van der Waals surface area contributed by atoms with Gasteiger partial charge in [-0.25, -0.2) is 8.42 Å². The number of benzene rings is 1. The fourth-order valence-electron chi connectivity index (χ4n) is 3.39. The van der Waals surface area contributed by atoms with Crippen molar-refractivity contribution < 1.29 is 8.42 Å². The molecule has 0 fully saturated rings. The molecule has 0 spiro atoms. The van der Waals surface area contributed by atoms with E-state index in [4.69, 9.17) is 0 Å². The summed E-state index contributed by atoms with van der Waals surface area (Å²) < 4.78 is 28.1. The number of nitrogens with one attached hydrogen (secondary N) is 1. The first-order valence-electron chi connectivity index (χ1n) is 10.7. The summed E-state index contributed by atoms with van der Waals surface area (Å²) in [7, 11) is -3.30. The highest BCUT2D eigenvalue weighted by molar-refractivity contribution is 7.93. The first-order chi connectivity index (χ1) is 12.6. The molecular weight excluding hydrogens is 342 g/mol. The van der Waals surface area contributed by atoms with E-state index >= 15 is 0 Å². The third-order valence-corrected chi connectivity index (χ3v) is 6.83. The maximum absolute atomic E-state index is 12.7. The lowest BCUT2D eigenvalue weighted by Crippen LogP contribution is -2.27. The van der Waals surface area contributed by atoms with Gasteiger partial charge in [-0.3, -0.25) is 4.72 Å². The van der Waals surface area contributed by atoms with Crippen molar-refractivity contribution in [2.24, 2.45) is 0 Å². The molecule has 0 aliphatic carbocycles. The molecule has 0 saturated heterocycles. The van der Waals surface area contributed by atoms with E-state index in [2.05, 4.69) is 18.6 Å². The van der Waals surface area contributed by atoms with Crippen LogP contribution in [0.4, 0.5) is 5.69 Å². The highest BCUT2D eigenvalue weighted by Crippen LogP contribution is 2.20. The lowest BCUT2D eigenvalue weighted by Gasteiger charge is -2.18. The van der Waals surface area contributed by atoms with E-state index in [0.29, 0.717) is 5.69 Å². The van der Waals surface area contributed by atoms with Gasteiger partial charge in [-0.1, -0.05) is 103 Å². The summed E-state index contributed by atoms with van der Waals surface area (Å²) in [5.74, 6) is 0. The Labute approximate surface area is 162 Å². The van der Waals surface area contributed by atoms with Gasteiger partial charge in [0.05, 0.1) is 5.25 Å². The number of sulfonamides is 1. The SMILES string of the molecule is CCCCCCCCCCCCC(CCC)S(=O)(=O)Nc1ccccc1. The molecule has 1 unspecified atom stereocenters. The largest absolute Gasteiger partial charge is 0.283 e. The predicted octanol–water partition coefficient (Wildman–Crippen LogP) is 6.91. The van der Waals surface area contributed by atoms with Crippen LogP contribution in [-0.4, -0.2) is 13.7 Å². The Morgan fingerprint density at radius 2 is 1.27 bits per heavy atom. The second kappa shape index (κ2) is 14.1. The molecule has 0 aliphatic rings. The third kappa shape index (κ3) is 10.2. The molecule has 3 nitrogen and oxygen atoms in total. The van der Waals surface area contributed by atoms with Crippen molar-refractivity contribution in [2.75, 3.05) is 4.72 Å². The van der Waals surface area contributed by atoms with Crippen LogP contribution in [0.15, 0.2) is 30.3 Å². The summed E-state index contributed by atoms with van der Waals surface area (Å²) in [5, 5.41) is -0.276. The van der Waals surface area contributed by atoms with Crippen molar-refractivity contribution in [2.45, 2.75) is 103 Å². The van der Waals surface area contributed by atoms with Gasteiger partial charge in [-0.15, -0.1) is 0 Å². The molecule has 0 radical (unpaired) electrons. The van der Waals surface area contributed by atoms with Crippen LogP contribution in [0, 0.1) is 0 Å². The molecule has 150 valence electrons. The molecule has 0 aromatic heterocycles. The fraction of sp³-hybridized carbons (Fsp3) is 0.727. The molecule has 1 aromatic rings. The number of anilines is 1. The zero-order valence-corrected chi connectivity index (χ0v) is 17.7. The van der Waals surface area contributed by atoms with Crippen molar-refractivity contribution in [3.05, 3.63) is 30.3 Å². The van der Waals surface area contributed by atoms with Crippen LogP contribution in [0.3, 0.4) is 0 Å². The second-order valence-electron chi connectivity index (χ2n) is 7.39. The highest BCUT2D eigenvalue weighted by Gasteiger charge is 2.24. The van der Waals surface area contributed by atoms with Gasteiger partial charge in [0.15, 0.2) is 0 Å². The average molecular weight is 382 g/mol. The van der Waals surface area contributed by atoms with E-state index < -0.39 is 10.0 Å². The van der Waals surface area contributed by atoms with Crippen molar-refractivity contribution in [1.82, 2.24) is 0 Å². The lowest BCUT2D eigenvalue weighted by atomic mass is 10.0. The Morgan fingerprint density at radius 1 is 0.731 bits per heavy atom. The van der Waals surface area contributed by atoms with E-state index in [1.807, 2.05) is 18.2 Å². The number of para-hydroxylation sites is 1. The van der Waals surface area contributed by atoms with Gasteiger partial charge in [0.25, 0.3) is 0 Å². The average Bonchev–Trinajstić information content (AvgIpc) is 2.62. The van der Waals surface area contributed by atoms with Crippen molar-refractivity contribution >= 4 is 15.7 Å². The second-order valence-corrected chi connectivity index (χ2v) is 9.36. The number of unbranched alkanes of at least 4 members (excludes halogenated alkanes) is 9. The summed E-state index contributed by atoms with van der Waals surface area (Å²) in [5.41, 5.74) is 0.664. The van der Waals surface area contributed by atoms with E-state index in [0.717, 1.165) is 32.1 Å². The van der Waals surface area contributed by atoms with Crippen LogP contribution in [0.2, 0.25) is 0 Å². The number of rotatable bonds is 16. The summed E-state index contributed by atoms with van der Waals surface area (Å²) >= 11 is 0. The van der Waals surface area contributed by atoms with Gasteiger partial charge in [0.2, 0.25) is 10.0 Å². The Morgan fingerprint density at radius 3 is 1.81 bits per heavy atom. The summed E-state index contributed by atoms with van der Waals surface area (Å²) in [6, 6.07) is 9.22. The molecule has 4 heteroatoms. The van der Waals surface area contributed by atoms with E-state index in [-0.39, 0.29) is 5.25 Å². The Kier molecular flexibility index (Phi) is 12.5. The molecule has 26 heavy (non-hydrogen) atoms. The normalized spacial score (nSPS) is 12.8. The molecule has 0 heterocycles. The van der Waals surface area contributed by atoms with Crippen LogP contribution in [0.1, 0.15) is 97.3 Å². The molecule has 0 aliphatic heterocycles. The standard InChI is InChI=1S/C22H39NO2S/c1-3-5-6-7-8-9-10-11-12-16-20-22(17-4-2)26(24,25)23-21-18-14-13-15-19-21/h13-15,18-19,22-23H,3-12,16-17,20H2,1-2H3. The van der Waals surface area contributed by atoms with Gasteiger partial charge in [0, 0.05) is 5.69 Å². The highest BCUT2D eigenvalue weighted by atomic mass is 32.2. The minimum absolute atomic E-state index is 0.276. The van der Waals surface area contributed by atoms with E-state index in [1.54, 1.807) is 12.1 Å². The van der Waals surface area contributed by atoms with Crippen molar-refractivity contribution in [3.8, 4) is 0 Å². The van der Waals surface area contributed by atoms with Gasteiger partial charge < -0.3 is 0 Å². The third-order valence-electron chi connectivity index (χ3n) is 4.96. The minimum Gasteiger partial charge on any atom is -0.283 e. The van der Waals surface area contributed by atoms with Crippen LogP contribution in [-0.2, 0) is 10.0 Å². The van der Waals surface area contributed by atoms with Crippen LogP contribution in [0.25, 0.3) is 0 Å². The predicted molar refractivity (Wildman–Crippen MR) is 114 cm³/mol. The molecule has 0 amide bonds. The van der Waals surface area contributed by atoms with Crippen LogP contribution >= 0.6 is 0 Å².